The van der Waals surface area contributed by atoms with E-state index in [0.717, 1.165) is 0 Å². The Hall–Kier alpha value is -1.55. The van der Waals surface area contributed by atoms with Gasteiger partial charge in [0.2, 0.25) is 0 Å². The van der Waals surface area contributed by atoms with Gasteiger partial charge in [-0.05, 0) is 19.1 Å². The van der Waals surface area contributed by atoms with Crippen molar-refractivity contribution in [2.75, 3.05) is 6.61 Å². The molecular formula is C9H14N2O2. The largest absolute Gasteiger partial charge is 0.484 e. The maximum Gasteiger partial charge on any atom is 0.271 e. The van der Waals surface area contributed by atoms with Gasteiger partial charge in [-0.2, -0.15) is 0 Å². The lowest BCUT2D eigenvalue weighted by Gasteiger charge is -2.04. The van der Waals surface area contributed by atoms with Crippen LogP contribution in [0.4, 0.5) is 0 Å². The van der Waals surface area contributed by atoms with Crippen molar-refractivity contribution in [1.82, 2.24) is 5.43 Å². The van der Waals surface area contributed by atoms with Gasteiger partial charge in [0.1, 0.15) is 5.76 Å². The predicted molar refractivity (Wildman–Crippen MR) is 51.4 cm³/mol. The van der Waals surface area contributed by atoms with Gasteiger partial charge in [0, 0.05) is 0 Å². The molecular weight excluding hydrogens is 168 g/mol. The number of hydrazine groups is 1. The summed E-state index contributed by atoms with van der Waals surface area (Å²) in [6, 6.07) is 0. The maximum atomic E-state index is 10.7. The van der Waals surface area contributed by atoms with Crippen LogP contribution in [-0.2, 0) is 9.53 Å². The first-order chi connectivity index (χ1) is 6.24. The van der Waals surface area contributed by atoms with E-state index in [4.69, 9.17) is 10.6 Å². The Balaban J connectivity index is 4.04. The van der Waals surface area contributed by atoms with E-state index in [1.54, 1.807) is 24.3 Å². The fraction of sp³-hybridized carbons (Fsp3) is 0.222. The Morgan fingerprint density at radius 3 is 2.85 bits per heavy atom. The van der Waals surface area contributed by atoms with E-state index in [0.29, 0.717) is 5.76 Å². The molecule has 0 heterocycles. The van der Waals surface area contributed by atoms with Gasteiger partial charge >= 0.3 is 0 Å². The molecule has 72 valence electrons. The Labute approximate surface area is 77.7 Å². The monoisotopic (exact) mass is 182 g/mol. The topological polar surface area (TPSA) is 64.3 Å². The van der Waals surface area contributed by atoms with Gasteiger partial charge in [-0.25, -0.2) is 5.84 Å². The van der Waals surface area contributed by atoms with Crippen LogP contribution in [0.5, 0.6) is 0 Å². The molecule has 0 aliphatic carbocycles. The molecule has 3 N–H and O–H groups in total. The van der Waals surface area contributed by atoms with Crippen molar-refractivity contribution in [3.8, 4) is 0 Å². The molecule has 0 aromatic heterocycles. The molecule has 13 heavy (non-hydrogen) atoms. The van der Waals surface area contributed by atoms with Crippen molar-refractivity contribution in [3.63, 3.8) is 0 Å². The average Bonchev–Trinajstić information content (AvgIpc) is 2.14. The highest BCUT2D eigenvalue weighted by Gasteiger charge is 1.98. The second-order valence-electron chi connectivity index (χ2n) is 2.16. The van der Waals surface area contributed by atoms with Gasteiger partial charge in [0.25, 0.3) is 5.91 Å². The highest BCUT2D eigenvalue weighted by molar-refractivity contribution is 5.76. The molecule has 0 aromatic carbocycles. The molecule has 0 aromatic rings. The highest BCUT2D eigenvalue weighted by Crippen LogP contribution is 1.99. The summed E-state index contributed by atoms with van der Waals surface area (Å²) in [5.74, 6) is 5.06. The van der Waals surface area contributed by atoms with Gasteiger partial charge in [0.05, 0.1) is 0 Å². The summed E-state index contributed by atoms with van der Waals surface area (Å²) in [5.41, 5.74) is 1.96. The van der Waals surface area contributed by atoms with Crippen molar-refractivity contribution < 1.29 is 9.53 Å². The summed E-state index contributed by atoms with van der Waals surface area (Å²) in [6.45, 7) is 5.27. The highest BCUT2D eigenvalue weighted by atomic mass is 16.5. The zero-order valence-electron chi connectivity index (χ0n) is 7.62. The van der Waals surface area contributed by atoms with Crippen LogP contribution >= 0.6 is 0 Å². The second kappa shape index (κ2) is 7.12. The van der Waals surface area contributed by atoms with Gasteiger partial charge in [-0.3, -0.25) is 10.2 Å². The minimum atomic E-state index is -0.375. The fourth-order valence-electron chi connectivity index (χ4n) is 0.623. The third kappa shape index (κ3) is 5.69. The van der Waals surface area contributed by atoms with E-state index < -0.39 is 0 Å². The normalized spacial score (nSPS) is 11.4. The van der Waals surface area contributed by atoms with Gasteiger partial charge in [0.15, 0.2) is 6.61 Å². The summed E-state index contributed by atoms with van der Waals surface area (Å²) in [6.07, 6.45) is 6.76. The summed E-state index contributed by atoms with van der Waals surface area (Å²) in [5, 5.41) is 0. The minimum absolute atomic E-state index is 0.0967. The summed E-state index contributed by atoms with van der Waals surface area (Å²) in [4.78, 5) is 10.7. The number of nitrogens with two attached hydrogens (primary N) is 1. The number of ether oxygens (including phenoxy) is 1. The van der Waals surface area contributed by atoms with Crippen molar-refractivity contribution >= 4 is 5.91 Å². The SMILES string of the molecule is C=C/C=C(\C=C/C)OCC(=O)NN. The van der Waals surface area contributed by atoms with Crippen LogP contribution in [0.3, 0.4) is 0 Å². The van der Waals surface area contributed by atoms with Crippen LogP contribution in [0.2, 0.25) is 0 Å². The van der Waals surface area contributed by atoms with Crippen LogP contribution in [0.15, 0.2) is 36.6 Å². The van der Waals surface area contributed by atoms with Crippen LogP contribution < -0.4 is 11.3 Å². The summed E-state index contributed by atoms with van der Waals surface area (Å²) in [7, 11) is 0. The number of rotatable bonds is 5. The Kier molecular flexibility index (Phi) is 6.27. The van der Waals surface area contributed by atoms with E-state index in [1.165, 1.54) is 0 Å². The van der Waals surface area contributed by atoms with E-state index in [9.17, 15) is 4.79 Å². The van der Waals surface area contributed by atoms with Gasteiger partial charge < -0.3 is 4.74 Å². The average molecular weight is 182 g/mol. The molecule has 0 spiro atoms. The number of amides is 1. The van der Waals surface area contributed by atoms with E-state index in [2.05, 4.69) is 6.58 Å². The molecule has 0 fully saturated rings. The standard InChI is InChI=1S/C9H14N2O2/c1-3-5-8(6-4-2)13-7-9(12)11-10/h3-6H,1,7,10H2,2H3,(H,11,12)/b6-4-,8-5+. The minimum Gasteiger partial charge on any atom is -0.484 e. The Morgan fingerprint density at radius 2 is 2.38 bits per heavy atom. The lowest BCUT2D eigenvalue weighted by molar-refractivity contribution is -0.124. The van der Waals surface area contributed by atoms with Crippen molar-refractivity contribution in [3.05, 3.63) is 36.6 Å². The molecule has 0 saturated carbocycles. The number of carbonyl (C=O) groups excluding carboxylic acids is 1. The van der Waals surface area contributed by atoms with Gasteiger partial charge in [-0.15, -0.1) is 0 Å². The number of hydrogen-bond donors (Lipinski definition) is 2. The Morgan fingerprint density at radius 1 is 1.69 bits per heavy atom. The van der Waals surface area contributed by atoms with Crippen molar-refractivity contribution in [2.45, 2.75) is 6.92 Å². The van der Waals surface area contributed by atoms with Crippen LogP contribution in [0.1, 0.15) is 6.92 Å². The number of nitrogens with one attached hydrogen (secondary N) is 1. The molecule has 0 aliphatic heterocycles. The molecule has 4 nitrogen and oxygen atoms in total. The molecule has 0 aliphatic rings. The first-order valence-electron chi connectivity index (χ1n) is 3.82. The first kappa shape index (κ1) is 11.4. The third-order valence-electron chi connectivity index (χ3n) is 1.14. The van der Waals surface area contributed by atoms with E-state index >= 15 is 0 Å². The number of hydrogen-bond acceptors (Lipinski definition) is 3. The third-order valence-corrected chi connectivity index (χ3v) is 1.14. The smallest absolute Gasteiger partial charge is 0.271 e. The summed E-state index contributed by atoms with van der Waals surface area (Å²) >= 11 is 0. The zero-order chi connectivity index (χ0) is 10.1. The van der Waals surface area contributed by atoms with E-state index in [-0.39, 0.29) is 12.5 Å². The van der Waals surface area contributed by atoms with Crippen molar-refractivity contribution in [2.24, 2.45) is 5.84 Å². The van der Waals surface area contributed by atoms with Crippen LogP contribution in [0.25, 0.3) is 0 Å². The molecule has 0 saturated heterocycles. The first-order valence-corrected chi connectivity index (χ1v) is 3.82. The zero-order valence-corrected chi connectivity index (χ0v) is 7.62. The maximum absolute atomic E-state index is 10.7. The lowest BCUT2D eigenvalue weighted by Crippen LogP contribution is -2.33. The second-order valence-corrected chi connectivity index (χ2v) is 2.16. The summed E-state index contributed by atoms with van der Waals surface area (Å²) < 4.78 is 5.09. The molecule has 1 amide bonds. The Bertz CT molecular complexity index is 232. The van der Waals surface area contributed by atoms with Crippen LogP contribution in [0, 0.1) is 0 Å². The van der Waals surface area contributed by atoms with Crippen molar-refractivity contribution in [1.29, 1.82) is 0 Å². The fourth-order valence-corrected chi connectivity index (χ4v) is 0.623. The van der Waals surface area contributed by atoms with Crippen LogP contribution in [-0.4, -0.2) is 12.5 Å². The quantitative estimate of drug-likeness (QED) is 0.215. The molecule has 0 bridgehead atoms. The molecule has 4 heteroatoms. The van der Waals surface area contributed by atoms with E-state index in [1.807, 2.05) is 12.3 Å². The number of allylic oxidation sites excluding steroid dienone is 4. The lowest BCUT2D eigenvalue weighted by atomic mass is 10.4. The predicted octanol–water partition coefficient (Wildman–Crippen LogP) is 0.639. The molecule has 0 atom stereocenters. The van der Waals surface area contributed by atoms with Gasteiger partial charge in [-0.1, -0.05) is 18.7 Å². The molecule has 0 radical (unpaired) electrons. The number of carbonyl (C=O) groups is 1. The molecule has 0 unspecified atom stereocenters. The molecule has 0 rings (SSSR count).